The highest BCUT2D eigenvalue weighted by molar-refractivity contribution is 6.03. The van der Waals surface area contributed by atoms with Crippen LogP contribution in [0.1, 0.15) is 27.3 Å². The Balaban J connectivity index is 1.97. The summed E-state index contributed by atoms with van der Waals surface area (Å²) in [5, 5.41) is 10.1. The van der Waals surface area contributed by atoms with Gasteiger partial charge >= 0.3 is 0 Å². The molecular weight excluding hydrogens is 274 g/mol. The number of aromatic hydroxyl groups is 1. The molecule has 0 atom stereocenters. The van der Waals surface area contributed by atoms with Crippen LogP contribution < -0.4 is 0 Å². The van der Waals surface area contributed by atoms with E-state index in [1.54, 1.807) is 11.0 Å². The molecule has 1 aromatic carbocycles. The number of carbonyl (C=O) groups excluding carboxylic acids is 2. The summed E-state index contributed by atoms with van der Waals surface area (Å²) in [6, 6.07) is 4.43. The summed E-state index contributed by atoms with van der Waals surface area (Å²) in [5.41, 5.74) is 0.541. The number of aldehydes is 1. The third-order valence-electron chi connectivity index (χ3n) is 3.56. The van der Waals surface area contributed by atoms with Gasteiger partial charge in [0.1, 0.15) is 11.3 Å². The molecule has 0 aliphatic carbocycles. The van der Waals surface area contributed by atoms with Crippen LogP contribution in [0.2, 0.25) is 0 Å². The van der Waals surface area contributed by atoms with Crippen molar-refractivity contribution in [2.45, 2.75) is 6.42 Å². The fourth-order valence-electron chi connectivity index (χ4n) is 2.46. The number of hydrogen-bond donors (Lipinski definition) is 1. The number of fused-ring (bicyclic) bond motifs is 1. The summed E-state index contributed by atoms with van der Waals surface area (Å²) < 4.78 is 10.8. The lowest BCUT2D eigenvalue weighted by atomic mass is 10.1. The van der Waals surface area contributed by atoms with Crippen LogP contribution in [-0.4, -0.2) is 48.5 Å². The smallest absolute Gasteiger partial charge is 0.289 e. The van der Waals surface area contributed by atoms with Gasteiger partial charge in [-0.1, -0.05) is 0 Å². The molecule has 2 aromatic rings. The van der Waals surface area contributed by atoms with Crippen LogP contribution >= 0.6 is 0 Å². The normalized spacial score (nSPS) is 15.9. The quantitative estimate of drug-likeness (QED) is 0.853. The Labute approximate surface area is 120 Å². The fourth-order valence-corrected chi connectivity index (χ4v) is 2.46. The molecule has 1 amide bonds. The molecule has 6 nitrogen and oxygen atoms in total. The van der Waals surface area contributed by atoms with Crippen molar-refractivity contribution in [1.82, 2.24) is 4.90 Å². The van der Waals surface area contributed by atoms with E-state index in [1.165, 1.54) is 12.1 Å². The largest absolute Gasteiger partial charge is 0.507 e. The minimum Gasteiger partial charge on any atom is -0.507 e. The van der Waals surface area contributed by atoms with E-state index in [2.05, 4.69) is 0 Å². The molecule has 21 heavy (non-hydrogen) atoms. The predicted octanol–water partition coefficient (Wildman–Crippen LogP) is 1.81. The van der Waals surface area contributed by atoms with Gasteiger partial charge in [0.15, 0.2) is 12.0 Å². The van der Waals surface area contributed by atoms with E-state index in [0.29, 0.717) is 43.6 Å². The lowest BCUT2D eigenvalue weighted by Gasteiger charge is -2.17. The first-order chi connectivity index (χ1) is 10.2. The monoisotopic (exact) mass is 289 g/mol. The van der Waals surface area contributed by atoms with Crippen LogP contribution in [0, 0.1) is 0 Å². The number of nitrogens with zero attached hydrogens (tertiary/aromatic N) is 1. The van der Waals surface area contributed by atoms with Crippen molar-refractivity contribution in [3.63, 3.8) is 0 Å². The number of hydrogen-bond acceptors (Lipinski definition) is 5. The number of rotatable bonds is 2. The van der Waals surface area contributed by atoms with Crippen LogP contribution in [-0.2, 0) is 4.74 Å². The van der Waals surface area contributed by atoms with Gasteiger partial charge in [-0.2, -0.15) is 0 Å². The van der Waals surface area contributed by atoms with E-state index < -0.39 is 0 Å². The molecule has 1 N–H and O–H groups in total. The highest BCUT2D eigenvalue weighted by Crippen LogP contribution is 2.29. The van der Waals surface area contributed by atoms with E-state index in [4.69, 9.17) is 9.15 Å². The van der Waals surface area contributed by atoms with E-state index in [9.17, 15) is 14.7 Å². The van der Waals surface area contributed by atoms with Gasteiger partial charge in [0.25, 0.3) is 5.91 Å². The number of amides is 1. The summed E-state index contributed by atoms with van der Waals surface area (Å²) in [5.74, 6) is -0.186. The van der Waals surface area contributed by atoms with Crippen molar-refractivity contribution in [1.29, 1.82) is 0 Å². The van der Waals surface area contributed by atoms with Gasteiger partial charge in [0.05, 0.1) is 12.2 Å². The Morgan fingerprint density at radius 1 is 1.29 bits per heavy atom. The molecule has 0 radical (unpaired) electrons. The van der Waals surface area contributed by atoms with Crippen molar-refractivity contribution in [2.24, 2.45) is 0 Å². The van der Waals surface area contributed by atoms with Gasteiger partial charge in [-0.3, -0.25) is 9.59 Å². The van der Waals surface area contributed by atoms with Crippen molar-refractivity contribution in [3.05, 3.63) is 29.5 Å². The Kier molecular flexibility index (Phi) is 3.62. The molecular formula is C15H15NO5. The van der Waals surface area contributed by atoms with Crippen LogP contribution in [0.3, 0.4) is 0 Å². The molecule has 1 aliphatic heterocycles. The molecule has 3 rings (SSSR count). The molecule has 0 saturated carbocycles. The molecule has 1 aliphatic rings. The molecule has 2 heterocycles. The van der Waals surface area contributed by atoms with Gasteiger partial charge in [0.2, 0.25) is 0 Å². The maximum Gasteiger partial charge on any atom is 0.289 e. The van der Waals surface area contributed by atoms with Crippen molar-refractivity contribution >= 4 is 23.2 Å². The average Bonchev–Trinajstić information content (AvgIpc) is 2.73. The Morgan fingerprint density at radius 3 is 2.95 bits per heavy atom. The Bertz CT molecular complexity index is 683. The summed E-state index contributed by atoms with van der Waals surface area (Å²) in [6.45, 7) is 2.28. The minimum absolute atomic E-state index is 0.125. The van der Waals surface area contributed by atoms with Crippen LogP contribution in [0.15, 0.2) is 22.6 Å². The van der Waals surface area contributed by atoms with E-state index in [1.807, 2.05) is 0 Å². The summed E-state index contributed by atoms with van der Waals surface area (Å²) in [6.07, 6.45) is 1.34. The molecule has 0 bridgehead atoms. The zero-order chi connectivity index (χ0) is 14.8. The van der Waals surface area contributed by atoms with Crippen LogP contribution in [0.25, 0.3) is 11.0 Å². The summed E-state index contributed by atoms with van der Waals surface area (Å²) in [4.78, 5) is 25.2. The first-order valence-corrected chi connectivity index (χ1v) is 6.78. The lowest BCUT2D eigenvalue weighted by molar-refractivity contribution is 0.0712. The maximum absolute atomic E-state index is 12.4. The first kappa shape index (κ1) is 13.6. The number of ether oxygens (including phenoxy) is 1. The van der Waals surface area contributed by atoms with Gasteiger partial charge in [-0.15, -0.1) is 0 Å². The zero-order valence-corrected chi connectivity index (χ0v) is 11.4. The topological polar surface area (TPSA) is 80.0 Å². The van der Waals surface area contributed by atoms with Crippen molar-refractivity contribution < 1.29 is 23.8 Å². The second-order valence-electron chi connectivity index (χ2n) is 4.90. The molecule has 1 saturated heterocycles. The second-order valence-corrected chi connectivity index (χ2v) is 4.90. The van der Waals surface area contributed by atoms with Crippen LogP contribution in [0.5, 0.6) is 5.75 Å². The van der Waals surface area contributed by atoms with Crippen LogP contribution in [0.4, 0.5) is 0 Å². The number of phenolic OH excluding ortho intramolecular Hbond substituents is 1. The maximum atomic E-state index is 12.4. The van der Waals surface area contributed by atoms with E-state index in [-0.39, 0.29) is 23.0 Å². The van der Waals surface area contributed by atoms with Gasteiger partial charge in [0, 0.05) is 25.1 Å². The van der Waals surface area contributed by atoms with Gasteiger partial charge in [-0.25, -0.2) is 0 Å². The van der Waals surface area contributed by atoms with E-state index >= 15 is 0 Å². The van der Waals surface area contributed by atoms with Crippen molar-refractivity contribution in [3.8, 4) is 5.75 Å². The van der Waals surface area contributed by atoms with Gasteiger partial charge < -0.3 is 19.2 Å². The van der Waals surface area contributed by atoms with Gasteiger partial charge in [-0.05, 0) is 24.6 Å². The molecule has 6 heteroatoms. The Hall–Kier alpha value is -2.34. The SMILES string of the molecule is O=Cc1c(O)ccc2oc(C(=O)N3CCCOCC3)cc12. The Morgan fingerprint density at radius 2 is 2.14 bits per heavy atom. The third kappa shape index (κ3) is 2.50. The number of carbonyl (C=O) groups is 2. The number of phenols is 1. The molecule has 110 valence electrons. The molecule has 0 unspecified atom stereocenters. The lowest BCUT2D eigenvalue weighted by Crippen LogP contribution is -2.32. The second kappa shape index (κ2) is 5.57. The average molecular weight is 289 g/mol. The minimum atomic E-state index is -0.229. The highest BCUT2D eigenvalue weighted by atomic mass is 16.5. The number of furan rings is 1. The molecule has 0 spiro atoms. The summed E-state index contributed by atoms with van der Waals surface area (Å²) in [7, 11) is 0. The van der Waals surface area contributed by atoms with Crippen molar-refractivity contribution in [2.75, 3.05) is 26.3 Å². The fraction of sp³-hybridized carbons (Fsp3) is 0.333. The highest BCUT2D eigenvalue weighted by Gasteiger charge is 2.22. The predicted molar refractivity (Wildman–Crippen MR) is 74.6 cm³/mol. The zero-order valence-electron chi connectivity index (χ0n) is 11.4. The standard InChI is InChI=1S/C15H15NO5/c17-9-11-10-8-14(21-13(10)3-2-12(11)18)15(19)16-4-1-6-20-7-5-16/h2-3,8-9,18H,1,4-7H2. The third-order valence-corrected chi connectivity index (χ3v) is 3.56. The van der Waals surface area contributed by atoms with E-state index in [0.717, 1.165) is 6.42 Å². The molecule has 1 aromatic heterocycles. The number of benzene rings is 1. The first-order valence-electron chi connectivity index (χ1n) is 6.78. The summed E-state index contributed by atoms with van der Waals surface area (Å²) >= 11 is 0. The molecule has 1 fully saturated rings.